The molecule has 3 aromatic rings. The number of ether oxygens (including phenoxy) is 1. The third kappa shape index (κ3) is 6.82. The van der Waals surface area contributed by atoms with Crippen molar-refractivity contribution in [2.45, 2.75) is 19.4 Å². The van der Waals surface area contributed by atoms with Gasteiger partial charge in [0.05, 0.1) is 25.0 Å². The number of hydrogen-bond acceptors (Lipinski definition) is 7. The molecule has 0 saturated carbocycles. The van der Waals surface area contributed by atoms with Crippen molar-refractivity contribution in [2.24, 2.45) is 5.92 Å². The Morgan fingerprint density at radius 3 is 2.74 bits per heavy atom. The van der Waals surface area contributed by atoms with Gasteiger partial charge < -0.3 is 24.2 Å². The predicted molar refractivity (Wildman–Crippen MR) is 128 cm³/mol. The molecule has 0 atom stereocenters. The van der Waals surface area contributed by atoms with E-state index in [0.717, 1.165) is 62.4 Å². The van der Waals surface area contributed by atoms with Crippen LogP contribution < -0.4 is 0 Å². The molecule has 10 nitrogen and oxygen atoms in total. The van der Waals surface area contributed by atoms with Gasteiger partial charge in [0.15, 0.2) is 5.65 Å². The van der Waals surface area contributed by atoms with E-state index in [1.807, 2.05) is 40.9 Å². The molecular weight excluding hydrogens is 436 g/mol. The van der Waals surface area contributed by atoms with Crippen LogP contribution in [0.1, 0.15) is 28.8 Å². The van der Waals surface area contributed by atoms with E-state index >= 15 is 0 Å². The van der Waals surface area contributed by atoms with Crippen LogP contribution in [0, 0.1) is 5.92 Å². The summed E-state index contributed by atoms with van der Waals surface area (Å²) >= 11 is 0. The zero-order valence-corrected chi connectivity index (χ0v) is 19.7. The molecule has 3 aromatic heterocycles. The molecule has 4 heterocycles. The highest BCUT2D eigenvalue weighted by atomic mass is 16.5. The molecule has 0 aliphatic carbocycles. The molecule has 0 unspecified atom stereocenters. The molecule has 1 amide bonds. The number of carboxylic acid groups (broad SMARTS) is 1. The number of hydrogen-bond donors (Lipinski definition) is 1. The minimum Gasteiger partial charge on any atom is -0.483 e. The number of amides is 1. The van der Waals surface area contributed by atoms with E-state index in [0.29, 0.717) is 18.0 Å². The fourth-order valence-electron chi connectivity index (χ4n) is 4.17. The summed E-state index contributed by atoms with van der Waals surface area (Å²) in [5.41, 5.74) is 3.16. The van der Waals surface area contributed by atoms with Gasteiger partial charge in [0.1, 0.15) is 5.52 Å². The van der Waals surface area contributed by atoms with E-state index in [-0.39, 0.29) is 12.4 Å². The van der Waals surface area contributed by atoms with Crippen molar-refractivity contribution < 1.29 is 19.4 Å². The molecule has 1 aliphatic rings. The minimum atomic E-state index is -0.250. The molecule has 1 saturated heterocycles. The summed E-state index contributed by atoms with van der Waals surface area (Å²) in [6.45, 7) is 5.06. The van der Waals surface area contributed by atoms with Crippen LogP contribution in [-0.2, 0) is 16.1 Å². The molecule has 4 rings (SSSR count). The first-order chi connectivity index (χ1) is 16.5. The highest BCUT2D eigenvalue weighted by Gasteiger charge is 2.23. The first kappa shape index (κ1) is 25.3. The summed E-state index contributed by atoms with van der Waals surface area (Å²) < 4.78 is 7.14. The predicted octanol–water partition coefficient (Wildman–Crippen LogP) is 2.01. The summed E-state index contributed by atoms with van der Waals surface area (Å²) in [6, 6.07) is 5.78. The van der Waals surface area contributed by atoms with Crippen molar-refractivity contribution in [2.75, 3.05) is 46.9 Å². The number of pyridine rings is 2. The molecule has 0 spiro atoms. The number of methoxy groups -OCH3 is 1. The van der Waals surface area contributed by atoms with Crippen LogP contribution in [0.4, 0.5) is 0 Å². The highest BCUT2D eigenvalue weighted by Crippen LogP contribution is 2.20. The van der Waals surface area contributed by atoms with E-state index in [1.54, 1.807) is 25.8 Å². The summed E-state index contributed by atoms with van der Waals surface area (Å²) in [5.74, 6) is 0.529. The Hall–Kier alpha value is -3.37. The number of carbonyl (C=O) groups excluding carboxylic acids is 1. The Labute approximate surface area is 199 Å². The molecule has 0 bridgehead atoms. The molecule has 1 N–H and O–H groups in total. The molecule has 1 fully saturated rings. The smallest absolute Gasteiger partial charge is 0.290 e. The zero-order chi connectivity index (χ0) is 24.3. The standard InChI is InChI=1S/C23H30N6O2.CH2O2/c1-27(15-18-5-8-28(9-6-18)10-11-31-2)23(30)20-12-21-22(25-14-20)29(17-26-21)16-19-4-3-7-24-13-19;2-1-3/h3-4,7,12-14,17-18H,5-6,8-11,15-16H2,1-2H3;1H,(H,2,3). The zero-order valence-electron chi connectivity index (χ0n) is 19.7. The van der Waals surface area contributed by atoms with Gasteiger partial charge in [-0.05, 0) is 49.5 Å². The van der Waals surface area contributed by atoms with Gasteiger partial charge in [0.25, 0.3) is 12.4 Å². The number of carbonyl (C=O) groups is 2. The Morgan fingerprint density at radius 1 is 1.29 bits per heavy atom. The number of piperidine rings is 1. The lowest BCUT2D eigenvalue weighted by Gasteiger charge is -2.33. The first-order valence-corrected chi connectivity index (χ1v) is 11.3. The van der Waals surface area contributed by atoms with Gasteiger partial charge in [-0.3, -0.25) is 14.6 Å². The molecule has 1 aliphatic heterocycles. The number of nitrogens with zero attached hydrogens (tertiary/aromatic N) is 6. The second-order valence-corrected chi connectivity index (χ2v) is 8.37. The van der Waals surface area contributed by atoms with E-state index in [4.69, 9.17) is 14.6 Å². The molecule has 0 radical (unpaired) electrons. The largest absolute Gasteiger partial charge is 0.483 e. The van der Waals surface area contributed by atoms with Gasteiger partial charge in [-0.1, -0.05) is 6.07 Å². The monoisotopic (exact) mass is 468 g/mol. The normalized spacial score (nSPS) is 14.4. The van der Waals surface area contributed by atoms with Crippen molar-refractivity contribution in [1.29, 1.82) is 0 Å². The number of imidazole rings is 1. The van der Waals surface area contributed by atoms with Crippen LogP contribution in [0.25, 0.3) is 11.2 Å². The second-order valence-electron chi connectivity index (χ2n) is 8.37. The maximum Gasteiger partial charge on any atom is 0.290 e. The lowest BCUT2D eigenvalue weighted by Crippen LogP contribution is -2.40. The minimum absolute atomic E-state index is 0.00183. The van der Waals surface area contributed by atoms with Crippen LogP contribution in [0.5, 0.6) is 0 Å². The quantitative estimate of drug-likeness (QED) is 0.500. The van der Waals surface area contributed by atoms with Crippen LogP contribution in [0.3, 0.4) is 0 Å². The lowest BCUT2D eigenvalue weighted by atomic mass is 9.96. The van der Waals surface area contributed by atoms with Gasteiger partial charge >= 0.3 is 0 Å². The topological polar surface area (TPSA) is 114 Å². The van der Waals surface area contributed by atoms with Crippen molar-refractivity contribution >= 4 is 23.5 Å². The molecule has 10 heteroatoms. The average molecular weight is 469 g/mol. The van der Waals surface area contributed by atoms with E-state index in [9.17, 15) is 4.79 Å². The van der Waals surface area contributed by atoms with Crippen molar-refractivity contribution in [3.05, 3.63) is 54.2 Å². The van der Waals surface area contributed by atoms with E-state index in [2.05, 4.69) is 19.9 Å². The van der Waals surface area contributed by atoms with Gasteiger partial charge in [-0.2, -0.15) is 0 Å². The molecular formula is C24H32N6O4. The van der Waals surface area contributed by atoms with Crippen molar-refractivity contribution in [1.82, 2.24) is 29.3 Å². The Morgan fingerprint density at radius 2 is 2.06 bits per heavy atom. The molecule has 34 heavy (non-hydrogen) atoms. The second kappa shape index (κ2) is 12.8. The summed E-state index contributed by atoms with van der Waals surface area (Å²) in [7, 11) is 3.62. The van der Waals surface area contributed by atoms with Crippen molar-refractivity contribution in [3.63, 3.8) is 0 Å². The SMILES string of the molecule is COCCN1CCC(CN(C)C(=O)c2cnc3c(c2)ncn3Cc2cccnc2)CC1.O=CO. The fourth-order valence-corrected chi connectivity index (χ4v) is 4.17. The average Bonchev–Trinajstić information content (AvgIpc) is 3.26. The summed E-state index contributed by atoms with van der Waals surface area (Å²) in [6.07, 6.45) is 9.23. The van der Waals surface area contributed by atoms with Gasteiger partial charge in [0.2, 0.25) is 0 Å². The number of rotatable bonds is 8. The maximum atomic E-state index is 13.0. The van der Waals surface area contributed by atoms with Gasteiger partial charge in [-0.25, -0.2) is 9.97 Å². The highest BCUT2D eigenvalue weighted by molar-refractivity contribution is 5.96. The first-order valence-electron chi connectivity index (χ1n) is 11.3. The Bertz CT molecular complexity index is 1050. The van der Waals surface area contributed by atoms with E-state index in [1.165, 1.54) is 0 Å². The summed E-state index contributed by atoms with van der Waals surface area (Å²) in [5, 5.41) is 6.89. The van der Waals surface area contributed by atoms with E-state index < -0.39 is 0 Å². The van der Waals surface area contributed by atoms with Gasteiger partial charge in [0, 0.05) is 45.8 Å². The molecule has 0 aromatic carbocycles. The van der Waals surface area contributed by atoms with Gasteiger partial charge in [-0.15, -0.1) is 0 Å². The third-order valence-electron chi connectivity index (χ3n) is 5.98. The third-order valence-corrected chi connectivity index (χ3v) is 5.98. The molecule has 182 valence electrons. The lowest BCUT2D eigenvalue weighted by molar-refractivity contribution is -0.122. The number of aromatic nitrogens is 4. The number of fused-ring (bicyclic) bond motifs is 1. The summed E-state index contributed by atoms with van der Waals surface area (Å²) in [4.78, 5) is 38.8. The van der Waals surface area contributed by atoms with Crippen LogP contribution in [0.2, 0.25) is 0 Å². The Kier molecular flexibility index (Phi) is 9.48. The van der Waals surface area contributed by atoms with Crippen LogP contribution >= 0.6 is 0 Å². The fraction of sp³-hybridized carbons (Fsp3) is 0.458. The Balaban J connectivity index is 0.00000103. The maximum absolute atomic E-state index is 13.0. The van der Waals surface area contributed by atoms with Crippen LogP contribution in [-0.4, -0.2) is 93.7 Å². The van der Waals surface area contributed by atoms with Crippen LogP contribution in [0.15, 0.2) is 43.1 Å². The van der Waals surface area contributed by atoms with Crippen molar-refractivity contribution in [3.8, 4) is 0 Å². The number of likely N-dealkylation sites (tertiary alicyclic amines) is 1.